The molecule has 3 aromatic heterocycles. The lowest BCUT2D eigenvalue weighted by molar-refractivity contribution is 0.376. The Bertz CT molecular complexity index is 4490. The smallest absolute Gasteiger partial charge is 0.200 e. The summed E-state index contributed by atoms with van der Waals surface area (Å²) in [4.78, 5) is 12.0. The van der Waals surface area contributed by atoms with Crippen molar-refractivity contribution in [2.75, 3.05) is 0 Å². The molecule has 2 aliphatic rings. The molecule has 5 heterocycles. The molecule has 2 aliphatic heterocycles. The third-order valence-electron chi connectivity index (χ3n) is 13.0. The van der Waals surface area contributed by atoms with Crippen LogP contribution in [-0.4, -0.2) is 20.7 Å². The normalized spacial score (nSPS) is 16.2. The fraction of sp³-hybridized carbons (Fsp3) is 0.0179. The number of rotatable bonds is 8. The molecule has 8 bridgehead atoms. The molecule has 26 heteroatoms. The highest BCUT2D eigenvalue weighted by Crippen LogP contribution is 2.46. The molecule has 0 atom stereocenters. The summed E-state index contributed by atoms with van der Waals surface area (Å²) in [5.74, 6) is -52.5. The second-order valence-corrected chi connectivity index (χ2v) is 19.8. The highest BCUT2D eigenvalue weighted by molar-refractivity contribution is 8.03. The van der Waals surface area contributed by atoms with Crippen molar-refractivity contribution < 1.29 is 87.8 Å². The average molecular weight is 1190 g/mol. The Hall–Kier alpha value is -8.65. The van der Waals surface area contributed by atoms with Crippen LogP contribution in [0.25, 0.3) is 22.3 Å². The Morgan fingerprint density at radius 2 is 0.634 bits per heavy atom. The quantitative estimate of drug-likeness (QED) is 0.0807. The highest BCUT2D eigenvalue weighted by atomic mass is 32.2. The second kappa shape index (κ2) is 20.7. The summed E-state index contributed by atoms with van der Waals surface area (Å²) in [6, 6.07) is 17.5. The standard InChI is InChI=1S/C56H20F20N4S2/c57-35-31(36(58)44(66)51(73)43(35)65)27-19-15-25(79-55(19)81-17-7-3-1-4-8-17)29(33-39(61)47(69)53(75)48(70)40(33)62)23-14-12-22(78-23)28(32-37(59)45(67)52(74)46(68)38(32)60)20-16-26(80-56(20)82-18-9-5-2-6-10-18)30(24-13-11-21(27)77-24)34-41(63)49(71)54(76)50(72)42(34)64/h1-15,77-79H,16H2/b27-21+,28-22+,29-23+,30-24+. The number of fused-ring (bicyclic) bond motifs is 8. The van der Waals surface area contributed by atoms with Gasteiger partial charge in [0.25, 0.3) is 0 Å². The van der Waals surface area contributed by atoms with Gasteiger partial charge in [0.15, 0.2) is 93.1 Å². The number of nitrogens with zero attached hydrogens (tertiary/aromatic N) is 1. The van der Waals surface area contributed by atoms with Crippen molar-refractivity contribution in [1.29, 1.82) is 0 Å². The van der Waals surface area contributed by atoms with Gasteiger partial charge in [-0.15, -0.1) is 0 Å². The van der Waals surface area contributed by atoms with Crippen molar-refractivity contribution in [2.24, 2.45) is 4.99 Å². The first-order valence-corrected chi connectivity index (χ1v) is 24.6. The molecule has 82 heavy (non-hydrogen) atoms. The second-order valence-electron chi connectivity index (χ2n) is 17.6. The summed E-state index contributed by atoms with van der Waals surface area (Å²) in [7, 11) is 0. The van der Waals surface area contributed by atoms with Crippen molar-refractivity contribution in [2.45, 2.75) is 21.2 Å². The molecule has 0 unspecified atom stereocenters. The molecule has 416 valence electrons. The van der Waals surface area contributed by atoms with Crippen LogP contribution in [0.4, 0.5) is 87.8 Å². The summed E-state index contributed by atoms with van der Waals surface area (Å²) in [6.45, 7) is 0. The number of thioether (sulfide) groups is 1. The van der Waals surface area contributed by atoms with Crippen LogP contribution in [-0.2, 0) is 0 Å². The van der Waals surface area contributed by atoms with Crippen molar-refractivity contribution in [1.82, 2.24) is 15.0 Å². The molecule has 11 rings (SSSR count). The number of halogens is 20. The first-order chi connectivity index (χ1) is 39.0. The van der Waals surface area contributed by atoms with Gasteiger partial charge in [0, 0.05) is 76.7 Å². The fourth-order valence-electron chi connectivity index (χ4n) is 9.32. The van der Waals surface area contributed by atoms with Crippen molar-refractivity contribution in [3.05, 3.63) is 273 Å². The van der Waals surface area contributed by atoms with E-state index >= 15 is 70.2 Å². The van der Waals surface area contributed by atoms with Crippen molar-refractivity contribution in [3.8, 4) is 0 Å². The van der Waals surface area contributed by atoms with Crippen LogP contribution in [0.2, 0.25) is 0 Å². The maximum atomic E-state index is 16.6. The van der Waals surface area contributed by atoms with Gasteiger partial charge in [0.1, 0.15) is 5.03 Å². The molecule has 4 nitrogen and oxygen atoms in total. The van der Waals surface area contributed by atoms with E-state index < -0.39 is 221 Å². The van der Waals surface area contributed by atoms with Crippen LogP contribution >= 0.6 is 23.5 Å². The van der Waals surface area contributed by atoms with Crippen LogP contribution in [0.5, 0.6) is 0 Å². The molecular weight excluding hydrogens is 1170 g/mol. The molecule has 0 saturated heterocycles. The minimum absolute atomic E-state index is 0.102. The number of hydrogen-bond acceptors (Lipinski definition) is 3. The van der Waals surface area contributed by atoms with Gasteiger partial charge >= 0.3 is 0 Å². The third kappa shape index (κ3) is 8.71. The molecule has 3 N–H and O–H groups in total. The predicted octanol–water partition coefficient (Wildman–Crippen LogP) is 13.4. The Morgan fingerprint density at radius 3 is 1.05 bits per heavy atom. The lowest BCUT2D eigenvalue weighted by Crippen LogP contribution is -2.24. The van der Waals surface area contributed by atoms with E-state index in [0.29, 0.717) is 53.9 Å². The summed E-state index contributed by atoms with van der Waals surface area (Å²) in [5.41, 5.74) is -15.6. The van der Waals surface area contributed by atoms with Gasteiger partial charge in [-0.1, -0.05) is 59.9 Å². The number of aromatic amines is 3. The van der Waals surface area contributed by atoms with Crippen molar-refractivity contribution in [3.63, 3.8) is 0 Å². The molecule has 0 fully saturated rings. The van der Waals surface area contributed by atoms with E-state index in [1.165, 1.54) is 60.7 Å². The van der Waals surface area contributed by atoms with Gasteiger partial charge in [-0.3, -0.25) is 0 Å². The van der Waals surface area contributed by atoms with Crippen LogP contribution in [0, 0.1) is 116 Å². The summed E-state index contributed by atoms with van der Waals surface area (Å²) < 4.78 is 316. The van der Waals surface area contributed by atoms with E-state index in [2.05, 4.69) is 19.9 Å². The van der Waals surface area contributed by atoms with Gasteiger partial charge in [-0.25, -0.2) is 92.8 Å². The van der Waals surface area contributed by atoms with Gasteiger partial charge in [-0.2, -0.15) is 0 Å². The zero-order valence-corrected chi connectivity index (χ0v) is 41.3. The van der Waals surface area contributed by atoms with E-state index in [-0.39, 0.29) is 9.79 Å². The van der Waals surface area contributed by atoms with Gasteiger partial charge in [0.05, 0.1) is 33.0 Å². The van der Waals surface area contributed by atoms with Gasteiger partial charge in [0.2, 0.25) is 23.3 Å². The van der Waals surface area contributed by atoms with E-state index in [4.69, 9.17) is 0 Å². The third-order valence-corrected chi connectivity index (χ3v) is 15.0. The van der Waals surface area contributed by atoms with E-state index in [9.17, 15) is 17.6 Å². The van der Waals surface area contributed by atoms with Crippen LogP contribution in [0.1, 0.15) is 39.9 Å². The number of benzene rings is 6. The molecule has 0 amide bonds. The Balaban J connectivity index is 1.43. The molecule has 0 radical (unpaired) electrons. The monoisotopic (exact) mass is 1190 g/mol. The number of aliphatic imine (C=N–C) groups is 1. The number of hydrogen-bond donors (Lipinski definition) is 3. The SMILES string of the molecule is Fc1c(F)c(F)c(/C2=c3\cc/c([nH]3)=C(\c3c(F)c(F)c(F)c(F)c3F)c3cc([nH]c3Sc3ccccc3)/C(c3c(F)c(F)c(F)c(F)c3F)=c3/cc/c([nH]3)=C(\c3c(F)c(F)c(F)c(F)c3F)C3=C(Sc4ccccc4)N=C2C3)c(F)c1F. The number of allylic oxidation sites excluding steroid dienone is 1. The Labute approximate surface area is 451 Å². The van der Waals surface area contributed by atoms with E-state index in [0.717, 1.165) is 0 Å². The maximum Gasteiger partial charge on any atom is 0.200 e. The first-order valence-electron chi connectivity index (χ1n) is 23.0. The average Bonchev–Trinajstić information content (AvgIpc) is 3.65. The topological polar surface area (TPSA) is 59.7 Å². The molecule has 9 aromatic rings. The molecule has 0 spiro atoms. The largest absolute Gasteiger partial charge is 0.354 e. The first kappa shape index (κ1) is 55.3. The lowest BCUT2D eigenvalue weighted by atomic mass is 9.90. The van der Waals surface area contributed by atoms with Crippen LogP contribution in [0.3, 0.4) is 0 Å². The van der Waals surface area contributed by atoms with E-state index in [1.807, 2.05) is 0 Å². The summed E-state index contributed by atoms with van der Waals surface area (Å²) >= 11 is 0.982. The molecular formula is C56H20F20N4S2. The van der Waals surface area contributed by atoms with Gasteiger partial charge < -0.3 is 15.0 Å². The summed E-state index contributed by atoms with van der Waals surface area (Å²) in [5, 5.41) is -4.85. The van der Waals surface area contributed by atoms with Crippen LogP contribution in [0.15, 0.2) is 121 Å². The van der Waals surface area contributed by atoms with Crippen molar-refractivity contribution >= 4 is 51.5 Å². The fourth-order valence-corrected chi connectivity index (χ4v) is 11.3. The number of aromatic nitrogens is 3. The minimum atomic E-state index is -2.72. The lowest BCUT2D eigenvalue weighted by Gasteiger charge is -2.16. The predicted molar refractivity (Wildman–Crippen MR) is 256 cm³/mol. The molecule has 0 aliphatic carbocycles. The van der Waals surface area contributed by atoms with Gasteiger partial charge in [-0.05, 0) is 54.6 Å². The zero-order chi connectivity index (χ0) is 58.7. The maximum absolute atomic E-state index is 16.6. The molecule has 6 aromatic carbocycles. The highest BCUT2D eigenvalue weighted by Gasteiger charge is 2.39. The number of H-pyrrole nitrogens is 3. The van der Waals surface area contributed by atoms with E-state index in [1.54, 1.807) is 0 Å². The molecule has 0 saturated carbocycles. The minimum Gasteiger partial charge on any atom is -0.354 e. The summed E-state index contributed by atoms with van der Waals surface area (Å²) in [6.07, 6.45) is -1.24. The van der Waals surface area contributed by atoms with Crippen LogP contribution < -0.4 is 21.4 Å². The number of nitrogens with one attached hydrogen (secondary N) is 3. The zero-order valence-electron chi connectivity index (χ0n) is 39.7. The Morgan fingerprint density at radius 1 is 0.317 bits per heavy atom. The Kier molecular flexibility index (Phi) is 14.0.